The van der Waals surface area contributed by atoms with E-state index in [4.69, 9.17) is 16.0 Å². The van der Waals surface area contributed by atoms with Gasteiger partial charge in [-0.2, -0.15) is 18.3 Å². The van der Waals surface area contributed by atoms with Gasteiger partial charge in [0.05, 0.1) is 16.8 Å². The van der Waals surface area contributed by atoms with Crippen molar-refractivity contribution in [1.82, 2.24) is 5.32 Å². The summed E-state index contributed by atoms with van der Waals surface area (Å²) >= 11 is 7.10. The molecule has 4 rings (SSSR count). The summed E-state index contributed by atoms with van der Waals surface area (Å²) in [7, 11) is 0. The molecule has 1 fully saturated rings. The molecule has 2 N–H and O–H groups in total. The highest BCUT2D eigenvalue weighted by Crippen LogP contribution is 2.36. The number of hydrogen-bond acceptors (Lipinski definition) is 6. The Labute approximate surface area is 206 Å². The second-order valence-electron chi connectivity index (χ2n) is 7.26. The summed E-state index contributed by atoms with van der Waals surface area (Å²) in [5.41, 5.74) is -0.137. The van der Waals surface area contributed by atoms with Crippen molar-refractivity contribution in [2.75, 3.05) is 5.32 Å². The number of furan rings is 1. The van der Waals surface area contributed by atoms with Crippen LogP contribution in [0.5, 0.6) is 0 Å². The zero-order chi connectivity index (χ0) is 25.0. The van der Waals surface area contributed by atoms with Crippen molar-refractivity contribution >= 4 is 52.2 Å². The number of carbonyl (C=O) groups is 2. The molecular weight excluding hydrogens is 505 g/mol. The number of amides is 2. The summed E-state index contributed by atoms with van der Waals surface area (Å²) in [5.74, 6) is -0.342. The van der Waals surface area contributed by atoms with Crippen LogP contribution >= 0.6 is 23.4 Å². The molecule has 180 valence electrons. The lowest BCUT2D eigenvalue weighted by atomic mass is 10.1. The maximum atomic E-state index is 13.0. The number of nitrogens with zero attached hydrogens (tertiary/aromatic N) is 2. The van der Waals surface area contributed by atoms with E-state index in [0.717, 1.165) is 30.0 Å². The van der Waals surface area contributed by atoms with Gasteiger partial charge in [-0.15, -0.1) is 5.10 Å². The van der Waals surface area contributed by atoms with Gasteiger partial charge in [-0.1, -0.05) is 41.6 Å². The molecule has 3 aromatic rings. The van der Waals surface area contributed by atoms with Crippen molar-refractivity contribution in [2.45, 2.75) is 17.8 Å². The molecule has 1 atom stereocenters. The van der Waals surface area contributed by atoms with Crippen LogP contribution in [-0.2, 0) is 15.8 Å². The number of hydrogen-bond donors (Lipinski definition) is 2. The second-order valence-corrected chi connectivity index (χ2v) is 8.86. The molecule has 1 aliphatic rings. The fourth-order valence-electron chi connectivity index (χ4n) is 3.08. The average Bonchev–Trinajstić information content (AvgIpc) is 3.40. The minimum absolute atomic E-state index is 0.0482. The van der Waals surface area contributed by atoms with Gasteiger partial charge < -0.3 is 15.1 Å². The Morgan fingerprint density at radius 1 is 1.17 bits per heavy atom. The van der Waals surface area contributed by atoms with E-state index < -0.39 is 17.0 Å². The number of rotatable bonds is 6. The number of thioether (sulfide) groups is 1. The molecule has 0 spiro atoms. The van der Waals surface area contributed by atoms with Crippen LogP contribution in [0.1, 0.15) is 17.7 Å². The highest BCUT2D eigenvalue weighted by Gasteiger charge is 2.32. The number of alkyl halides is 3. The first kappa shape index (κ1) is 24.6. The Kier molecular flexibility index (Phi) is 7.27. The van der Waals surface area contributed by atoms with E-state index in [2.05, 4.69) is 20.8 Å². The maximum absolute atomic E-state index is 13.0. The summed E-state index contributed by atoms with van der Waals surface area (Å²) in [5, 5.41) is 12.7. The van der Waals surface area contributed by atoms with E-state index >= 15 is 0 Å². The van der Waals surface area contributed by atoms with E-state index in [0.29, 0.717) is 5.69 Å². The normalized spacial score (nSPS) is 17.2. The molecule has 12 heteroatoms. The summed E-state index contributed by atoms with van der Waals surface area (Å²) in [4.78, 5) is 24.3. The third-order valence-corrected chi connectivity index (χ3v) is 6.13. The topological polar surface area (TPSA) is 96.1 Å². The lowest BCUT2D eigenvalue weighted by molar-refractivity contribution is -0.137. The van der Waals surface area contributed by atoms with Crippen LogP contribution in [0.15, 0.2) is 75.3 Å². The molecular formula is C23H16ClF3N4O3S. The van der Waals surface area contributed by atoms with Gasteiger partial charge >= 0.3 is 6.18 Å². The Morgan fingerprint density at radius 3 is 2.69 bits per heavy atom. The van der Waals surface area contributed by atoms with E-state index in [1.165, 1.54) is 18.3 Å². The minimum atomic E-state index is -4.52. The van der Waals surface area contributed by atoms with Crippen LogP contribution < -0.4 is 10.6 Å². The molecule has 35 heavy (non-hydrogen) atoms. The molecule has 0 bridgehead atoms. The van der Waals surface area contributed by atoms with Gasteiger partial charge in [0.25, 0.3) is 0 Å². The first-order chi connectivity index (χ1) is 16.7. The Morgan fingerprint density at radius 2 is 1.94 bits per heavy atom. The number of benzene rings is 2. The third kappa shape index (κ3) is 6.31. The highest BCUT2D eigenvalue weighted by atomic mass is 35.5. The van der Waals surface area contributed by atoms with Crippen LogP contribution in [0.3, 0.4) is 0 Å². The number of amidine groups is 1. The molecule has 2 aromatic carbocycles. The average molecular weight is 521 g/mol. The molecule has 0 saturated carbocycles. The van der Waals surface area contributed by atoms with E-state index in [-0.39, 0.29) is 45.5 Å². The Balaban J connectivity index is 1.38. The smallest absolute Gasteiger partial charge is 0.416 e. The summed E-state index contributed by atoms with van der Waals surface area (Å²) < 4.78 is 44.5. The van der Waals surface area contributed by atoms with Crippen LogP contribution in [0, 0.1) is 0 Å². The number of carbonyl (C=O) groups excluding carboxylic acids is 2. The van der Waals surface area contributed by atoms with Gasteiger partial charge in [-0.3, -0.25) is 9.59 Å². The second kappa shape index (κ2) is 10.4. The summed E-state index contributed by atoms with van der Waals surface area (Å²) in [6.07, 6.45) is -3.33. The lowest BCUT2D eigenvalue weighted by Gasteiger charge is -2.08. The molecule has 1 saturated heterocycles. The SMILES string of the molecule is O=C(CC1S/C(=N/N=C/c2ccc(-c3cc(C(F)(F)F)ccc3Cl)o2)NC1=O)Nc1ccccc1. The largest absolute Gasteiger partial charge is 0.455 e. The predicted octanol–water partition coefficient (Wildman–Crippen LogP) is 5.57. The number of anilines is 1. The van der Waals surface area contributed by atoms with Crippen molar-refractivity contribution in [1.29, 1.82) is 0 Å². The van der Waals surface area contributed by atoms with Crippen molar-refractivity contribution in [2.24, 2.45) is 10.2 Å². The van der Waals surface area contributed by atoms with Crippen LogP contribution in [0.25, 0.3) is 11.3 Å². The van der Waals surface area contributed by atoms with E-state index in [9.17, 15) is 22.8 Å². The number of para-hydroxylation sites is 1. The molecule has 1 unspecified atom stereocenters. The molecule has 7 nitrogen and oxygen atoms in total. The maximum Gasteiger partial charge on any atom is 0.416 e. The fraction of sp³-hybridized carbons (Fsp3) is 0.130. The quantitative estimate of drug-likeness (QED) is 0.328. The first-order valence-corrected chi connectivity index (χ1v) is 11.4. The van der Waals surface area contributed by atoms with Crippen molar-refractivity contribution in [3.05, 3.63) is 77.0 Å². The summed E-state index contributed by atoms with van der Waals surface area (Å²) in [6, 6.07) is 14.8. The van der Waals surface area contributed by atoms with E-state index in [1.54, 1.807) is 24.3 Å². The highest BCUT2D eigenvalue weighted by molar-refractivity contribution is 8.15. The standard InChI is InChI=1S/C23H16ClF3N4O3S/c24-17-8-6-13(23(25,26)27)10-16(17)18-9-7-15(34-18)12-28-31-22-30-21(33)19(35-22)11-20(32)29-14-4-2-1-3-5-14/h1-10,12,19H,11H2,(H,29,32)(H,30,31,33)/b28-12+. The minimum Gasteiger partial charge on any atom is -0.455 e. The van der Waals surface area contributed by atoms with Crippen LogP contribution in [0.4, 0.5) is 18.9 Å². The van der Waals surface area contributed by atoms with Crippen molar-refractivity contribution in [3.8, 4) is 11.3 Å². The van der Waals surface area contributed by atoms with Gasteiger partial charge in [-0.25, -0.2) is 0 Å². The number of halogens is 4. The van der Waals surface area contributed by atoms with Gasteiger partial charge in [0.1, 0.15) is 16.8 Å². The zero-order valence-corrected chi connectivity index (χ0v) is 19.2. The van der Waals surface area contributed by atoms with Gasteiger partial charge in [-0.05, 0) is 42.5 Å². The molecule has 1 aliphatic heterocycles. The first-order valence-electron chi connectivity index (χ1n) is 10.1. The van der Waals surface area contributed by atoms with Crippen LogP contribution in [0.2, 0.25) is 5.02 Å². The van der Waals surface area contributed by atoms with Gasteiger partial charge in [0, 0.05) is 17.7 Å². The molecule has 2 heterocycles. The van der Waals surface area contributed by atoms with Gasteiger partial charge in [0.2, 0.25) is 11.8 Å². The number of nitrogens with one attached hydrogen (secondary N) is 2. The monoisotopic (exact) mass is 520 g/mol. The Bertz CT molecular complexity index is 1310. The molecule has 2 amide bonds. The molecule has 0 aliphatic carbocycles. The van der Waals surface area contributed by atoms with E-state index in [1.807, 2.05) is 6.07 Å². The summed E-state index contributed by atoms with van der Waals surface area (Å²) in [6.45, 7) is 0. The third-order valence-electron chi connectivity index (χ3n) is 4.72. The van der Waals surface area contributed by atoms with Crippen molar-refractivity contribution in [3.63, 3.8) is 0 Å². The van der Waals surface area contributed by atoms with Gasteiger partial charge in [0.15, 0.2) is 5.17 Å². The Hall–Kier alpha value is -3.57. The zero-order valence-electron chi connectivity index (χ0n) is 17.7. The molecule has 0 radical (unpaired) electrons. The predicted molar refractivity (Wildman–Crippen MR) is 128 cm³/mol. The lowest BCUT2D eigenvalue weighted by Crippen LogP contribution is -2.28. The van der Waals surface area contributed by atoms with Crippen LogP contribution in [-0.4, -0.2) is 28.4 Å². The fourth-order valence-corrected chi connectivity index (χ4v) is 4.22. The van der Waals surface area contributed by atoms with Crippen molar-refractivity contribution < 1.29 is 27.2 Å². The molecule has 1 aromatic heterocycles.